The van der Waals surface area contributed by atoms with Gasteiger partial charge in [0.05, 0.1) is 6.61 Å². The van der Waals surface area contributed by atoms with E-state index in [0.717, 1.165) is 0 Å². The predicted octanol–water partition coefficient (Wildman–Crippen LogP) is 2.28. The number of rotatable bonds is 7. The summed E-state index contributed by atoms with van der Waals surface area (Å²) in [5.74, 6) is -0.590. The van der Waals surface area contributed by atoms with Crippen LogP contribution >= 0.6 is 0 Å². The maximum atomic E-state index is 11.2. The Kier molecular flexibility index (Phi) is 6.34. The zero-order valence-electron chi connectivity index (χ0n) is 9.41. The van der Waals surface area contributed by atoms with Gasteiger partial charge in [0, 0.05) is 11.5 Å². The minimum absolute atomic E-state index is 0.0420. The third-order valence-corrected chi connectivity index (χ3v) is 2.08. The molecule has 0 saturated heterocycles. The minimum atomic E-state index is -0.423. The summed E-state index contributed by atoms with van der Waals surface area (Å²) in [6.07, 6.45) is 2.58. The van der Waals surface area contributed by atoms with E-state index in [1.54, 1.807) is 13.0 Å². The highest BCUT2D eigenvalue weighted by molar-refractivity contribution is 5.89. The summed E-state index contributed by atoms with van der Waals surface area (Å²) in [6.45, 7) is 10.8. The molecule has 0 radical (unpaired) electrons. The fourth-order valence-electron chi connectivity index (χ4n) is 1.21. The lowest BCUT2D eigenvalue weighted by Gasteiger charge is -2.12. The molecule has 0 saturated carbocycles. The molecule has 0 aliphatic rings. The predicted molar refractivity (Wildman–Crippen MR) is 59.4 cm³/mol. The lowest BCUT2D eigenvalue weighted by Crippen LogP contribution is -2.15. The molecule has 0 aliphatic heterocycles. The third kappa shape index (κ3) is 5.15. The van der Waals surface area contributed by atoms with Crippen LogP contribution in [-0.2, 0) is 14.3 Å². The molecule has 0 aromatic carbocycles. The molecule has 1 atom stereocenters. The van der Waals surface area contributed by atoms with Crippen molar-refractivity contribution in [3.05, 3.63) is 24.8 Å². The van der Waals surface area contributed by atoms with Gasteiger partial charge in [0.25, 0.3) is 0 Å². The molecule has 1 unspecified atom stereocenters. The molecule has 15 heavy (non-hydrogen) atoms. The van der Waals surface area contributed by atoms with Gasteiger partial charge in [-0.15, -0.1) is 6.58 Å². The first kappa shape index (κ1) is 13.6. The zero-order chi connectivity index (χ0) is 11.8. The number of hydrogen-bond donors (Lipinski definition) is 0. The van der Waals surface area contributed by atoms with Crippen LogP contribution in [0.4, 0.5) is 0 Å². The van der Waals surface area contributed by atoms with Crippen molar-refractivity contribution in [2.75, 3.05) is 6.61 Å². The number of Topliss-reactive ketones (excluding diaryl/α,β-unsaturated/α-hetero) is 1. The van der Waals surface area contributed by atoms with Crippen LogP contribution in [0.15, 0.2) is 24.8 Å². The Morgan fingerprint density at radius 2 is 2.07 bits per heavy atom. The third-order valence-electron chi connectivity index (χ3n) is 2.08. The molecular formula is C12H18O3. The Bertz CT molecular complexity index is 266. The number of esters is 1. The lowest BCUT2D eigenvalue weighted by molar-refractivity contribution is -0.138. The highest BCUT2D eigenvalue weighted by Crippen LogP contribution is 2.16. The molecule has 0 N–H and O–H groups in total. The van der Waals surface area contributed by atoms with Gasteiger partial charge in [0.1, 0.15) is 5.78 Å². The average Bonchev–Trinajstić information content (AvgIpc) is 2.17. The summed E-state index contributed by atoms with van der Waals surface area (Å²) >= 11 is 0. The van der Waals surface area contributed by atoms with E-state index in [1.807, 2.05) is 0 Å². The molecule has 3 heteroatoms. The van der Waals surface area contributed by atoms with E-state index in [9.17, 15) is 9.59 Å². The van der Waals surface area contributed by atoms with Gasteiger partial charge < -0.3 is 4.74 Å². The van der Waals surface area contributed by atoms with E-state index in [2.05, 4.69) is 13.2 Å². The largest absolute Gasteiger partial charge is 0.463 e. The van der Waals surface area contributed by atoms with E-state index in [1.165, 1.54) is 6.92 Å². The highest BCUT2D eigenvalue weighted by atomic mass is 16.5. The molecule has 0 bridgehead atoms. The molecule has 0 aromatic heterocycles. The Labute approximate surface area is 90.8 Å². The fourth-order valence-corrected chi connectivity index (χ4v) is 1.21. The summed E-state index contributed by atoms with van der Waals surface area (Å²) in [4.78, 5) is 22.5. The van der Waals surface area contributed by atoms with Crippen LogP contribution in [0.5, 0.6) is 0 Å². The van der Waals surface area contributed by atoms with Crippen LogP contribution in [0.1, 0.15) is 26.7 Å². The topological polar surface area (TPSA) is 43.4 Å². The Morgan fingerprint density at radius 3 is 2.47 bits per heavy atom. The van der Waals surface area contributed by atoms with Crippen molar-refractivity contribution in [2.45, 2.75) is 26.7 Å². The van der Waals surface area contributed by atoms with E-state index < -0.39 is 5.97 Å². The Morgan fingerprint density at radius 1 is 1.47 bits per heavy atom. The normalized spacial score (nSPS) is 11.6. The smallest absolute Gasteiger partial charge is 0.333 e. The monoisotopic (exact) mass is 210 g/mol. The van der Waals surface area contributed by atoms with Crippen molar-refractivity contribution >= 4 is 11.8 Å². The van der Waals surface area contributed by atoms with Crippen LogP contribution in [0.3, 0.4) is 0 Å². The lowest BCUT2D eigenvalue weighted by atomic mass is 9.93. The van der Waals surface area contributed by atoms with Crippen molar-refractivity contribution in [3.63, 3.8) is 0 Å². The summed E-state index contributed by atoms with van der Waals surface area (Å²) in [5, 5.41) is 0. The molecule has 0 amide bonds. The van der Waals surface area contributed by atoms with Crippen molar-refractivity contribution in [2.24, 2.45) is 5.92 Å². The van der Waals surface area contributed by atoms with Gasteiger partial charge in [-0.3, -0.25) is 4.79 Å². The average molecular weight is 210 g/mol. The number of carbonyl (C=O) groups excluding carboxylic acids is 2. The zero-order valence-corrected chi connectivity index (χ0v) is 9.41. The molecule has 0 rings (SSSR count). The molecule has 0 aliphatic carbocycles. The summed E-state index contributed by atoms with van der Waals surface area (Å²) < 4.78 is 4.79. The summed E-state index contributed by atoms with van der Waals surface area (Å²) in [7, 11) is 0. The van der Waals surface area contributed by atoms with Crippen molar-refractivity contribution in [1.82, 2.24) is 0 Å². The quantitative estimate of drug-likeness (QED) is 0.368. The van der Waals surface area contributed by atoms with Gasteiger partial charge in [0.2, 0.25) is 0 Å². The summed E-state index contributed by atoms with van der Waals surface area (Å²) in [5.41, 5.74) is 0.346. The fraction of sp³-hybridized carbons (Fsp3) is 0.500. The number of ketones is 1. The molecule has 0 fully saturated rings. The number of ether oxygens (including phenoxy) is 1. The SMILES string of the molecule is C=CCC(CC(=C)C(=O)OCC)C(C)=O. The maximum Gasteiger partial charge on any atom is 0.333 e. The van der Waals surface area contributed by atoms with E-state index in [-0.39, 0.29) is 11.7 Å². The minimum Gasteiger partial charge on any atom is -0.463 e. The van der Waals surface area contributed by atoms with E-state index >= 15 is 0 Å². The molecule has 3 nitrogen and oxygen atoms in total. The number of carbonyl (C=O) groups is 2. The second-order valence-corrected chi connectivity index (χ2v) is 3.36. The van der Waals surface area contributed by atoms with Crippen LogP contribution in [0, 0.1) is 5.92 Å². The Hall–Kier alpha value is -1.38. The molecule has 84 valence electrons. The second kappa shape index (κ2) is 6.98. The number of allylic oxidation sites excluding steroid dienone is 1. The molecule has 0 spiro atoms. The first-order chi connectivity index (χ1) is 7.02. The van der Waals surface area contributed by atoms with Crippen molar-refractivity contribution in [3.8, 4) is 0 Å². The van der Waals surface area contributed by atoms with Gasteiger partial charge in [0.15, 0.2) is 0 Å². The van der Waals surface area contributed by atoms with Crippen molar-refractivity contribution < 1.29 is 14.3 Å². The van der Waals surface area contributed by atoms with Crippen LogP contribution in [0.2, 0.25) is 0 Å². The summed E-state index contributed by atoms with van der Waals surface area (Å²) in [6, 6.07) is 0. The molecule has 0 heterocycles. The van der Waals surface area contributed by atoms with E-state index in [4.69, 9.17) is 4.74 Å². The first-order valence-corrected chi connectivity index (χ1v) is 4.99. The van der Waals surface area contributed by atoms with E-state index in [0.29, 0.717) is 25.0 Å². The molecular weight excluding hydrogens is 192 g/mol. The van der Waals surface area contributed by atoms with Gasteiger partial charge >= 0.3 is 5.97 Å². The highest BCUT2D eigenvalue weighted by Gasteiger charge is 2.18. The van der Waals surface area contributed by atoms with Crippen LogP contribution in [-0.4, -0.2) is 18.4 Å². The van der Waals surface area contributed by atoms with Gasteiger partial charge in [-0.25, -0.2) is 4.79 Å². The first-order valence-electron chi connectivity index (χ1n) is 4.99. The second-order valence-electron chi connectivity index (χ2n) is 3.36. The van der Waals surface area contributed by atoms with Gasteiger partial charge in [-0.1, -0.05) is 12.7 Å². The van der Waals surface area contributed by atoms with Crippen molar-refractivity contribution in [1.29, 1.82) is 0 Å². The Balaban J connectivity index is 4.28. The van der Waals surface area contributed by atoms with Gasteiger partial charge in [-0.05, 0) is 26.7 Å². The number of hydrogen-bond acceptors (Lipinski definition) is 3. The maximum absolute atomic E-state index is 11.2. The van der Waals surface area contributed by atoms with Gasteiger partial charge in [-0.2, -0.15) is 0 Å². The van der Waals surface area contributed by atoms with Crippen LogP contribution < -0.4 is 0 Å². The van der Waals surface area contributed by atoms with Crippen LogP contribution in [0.25, 0.3) is 0 Å². The molecule has 0 aromatic rings. The standard InChI is InChI=1S/C12H18O3/c1-5-7-11(10(4)13)8-9(3)12(14)15-6-2/h5,11H,1,3,6-8H2,2,4H3.